The fourth-order valence-electron chi connectivity index (χ4n) is 2.07. The topological polar surface area (TPSA) is 29.3 Å². The molecule has 2 nitrogen and oxygen atoms in total. The predicted octanol–water partition coefficient (Wildman–Crippen LogP) is 2.89. The molecule has 2 rings (SSSR count). The largest absolute Gasteiger partial charge is 0.399 e. The van der Waals surface area contributed by atoms with E-state index in [9.17, 15) is 0 Å². The summed E-state index contributed by atoms with van der Waals surface area (Å²) >= 11 is 0. The summed E-state index contributed by atoms with van der Waals surface area (Å²) in [5, 5.41) is 0. The summed E-state index contributed by atoms with van der Waals surface area (Å²) in [5.74, 6) is 1.02. The average Bonchev–Trinajstić information content (AvgIpc) is 3.08. The van der Waals surface area contributed by atoms with Crippen molar-refractivity contribution in [2.24, 2.45) is 5.92 Å². The molecule has 2 heteroatoms. The van der Waals surface area contributed by atoms with Gasteiger partial charge in [0, 0.05) is 12.2 Å². The molecule has 16 heavy (non-hydrogen) atoms. The molecule has 0 unspecified atom stereocenters. The second-order valence-corrected chi connectivity index (χ2v) is 4.85. The maximum Gasteiger partial charge on any atom is 0.0317 e. The smallest absolute Gasteiger partial charge is 0.0317 e. The Kier molecular flexibility index (Phi) is 3.83. The fraction of sp³-hybridized carbons (Fsp3) is 0.571. The summed E-state index contributed by atoms with van der Waals surface area (Å²) in [5.41, 5.74) is 7.99. The van der Waals surface area contributed by atoms with Gasteiger partial charge in [-0.15, -0.1) is 0 Å². The van der Waals surface area contributed by atoms with Crippen LogP contribution >= 0.6 is 0 Å². The van der Waals surface area contributed by atoms with Crippen molar-refractivity contribution in [3.63, 3.8) is 0 Å². The molecule has 2 N–H and O–H groups in total. The number of nitrogens with zero attached hydrogens (tertiary/aromatic N) is 1. The van der Waals surface area contributed by atoms with E-state index in [4.69, 9.17) is 5.73 Å². The number of nitrogens with two attached hydrogens (primary N) is 1. The molecule has 1 aliphatic rings. The van der Waals surface area contributed by atoms with E-state index in [0.29, 0.717) is 0 Å². The first-order chi connectivity index (χ1) is 7.78. The zero-order valence-corrected chi connectivity index (χ0v) is 10.2. The van der Waals surface area contributed by atoms with Gasteiger partial charge in [-0.25, -0.2) is 0 Å². The van der Waals surface area contributed by atoms with E-state index in [1.54, 1.807) is 0 Å². The van der Waals surface area contributed by atoms with Crippen LogP contribution in [0.1, 0.15) is 31.7 Å². The van der Waals surface area contributed by atoms with Gasteiger partial charge >= 0.3 is 0 Å². The molecule has 0 radical (unpaired) electrons. The van der Waals surface area contributed by atoms with Gasteiger partial charge in [-0.1, -0.05) is 31.9 Å². The Morgan fingerprint density at radius 3 is 2.81 bits per heavy atom. The molecule has 1 saturated carbocycles. The molecule has 0 atom stereocenters. The molecule has 0 aromatic heterocycles. The fourth-order valence-corrected chi connectivity index (χ4v) is 2.07. The summed E-state index contributed by atoms with van der Waals surface area (Å²) in [4.78, 5) is 2.51. The van der Waals surface area contributed by atoms with Crippen LogP contribution in [-0.2, 0) is 6.54 Å². The summed E-state index contributed by atoms with van der Waals surface area (Å²) < 4.78 is 0. The normalized spacial score (nSPS) is 15.6. The molecule has 0 aliphatic heterocycles. The Bertz CT molecular complexity index is 331. The van der Waals surface area contributed by atoms with Gasteiger partial charge in [-0.05, 0) is 43.1 Å². The van der Waals surface area contributed by atoms with Crippen molar-refractivity contribution in [3.8, 4) is 0 Å². The Hall–Kier alpha value is -1.02. The van der Waals surface area contributed by atoms with Gasteiger partial charge in [0.1, 0.15) is 0 Å². The van der Waals surface area contributed by atoms with Crippen molar-refractivity contribution in [1.82, 2.24) is 4.90 Å². The second-order valence-electron chi connectivity index (χ2n) is 4.85. The first kappa shape index (κ1) is 11.5. The van der Waals surface area contributed by atoms with E-state index >= 15 is 0 Å². The van der Waals surface area contributed by atoms with Crippen molar-refractivity contribution in [1.29, 1.82) is 0 Å². The molecule has 1 aromatic carbocycles. The maximum atomic E-state index is 5.79. The minimum atomic E-state index is 0.871. The molecule has 1 aliphatic carbocycles. The third-order valence-electron chi connectivity index (χ3n) is 3.35. The Balaban J connectivity index is 1.84. The zero-order chi connectivity index (χ0) is 11.4. The summed E-state index contributed by atoms with van der Waals surface area (Å²) in [6.45, 7) is 5.63. The second kappa shape index (κ2) is 5.35. The maximum absolute atomic E-state index is 5.79. The highest BCUT2D eigenvalue weighted by Gasteiger charge is 2.21. The SMILES string of the molecule is CCN(CCC1CC1)Cc1cccc(N)c1. The van der Waals surface area contributed by atoms with Gasteiger partial charge in [0.05, 0.1) is 0 Å². The first-order valence-corrected chi connectivity index (χ1v) is 6.34. The average molecular weight is 218 g/mol. The Morgan fingerprint density at radius 1 is 1.38 bits per heavy atom. The standard InChI is InChI=1S/C14H22N2/c1-2-16(9-8-12-6-7-12)11-13-4-3-5-14(15)10-13/h3-5,10,12H,2,6-9,11,15H2,1H3. The Labute approximate surface area is 98.4 Å². The van der Waals surface area contributed by atoms with E-state index in [0.717, 1.165) is 24.7 Å². The van der Waals surface area contributed by atoms with Crippen molar-refractivity contribution >= 4 is 5.69 Å². The number of benzene rings is 1. The van der Waals surface area contributed by atoms with Gasteiger partial charge in [-0.2, -0.15) is 0 Å². The predicted molar refractivity (Wildman–Crippen MR) is 69.1 cm³/mol. The summed E-state index contributed by atoms with van der Waals surface area (Å²) in [6.07, 6.45) is 4.28. The lowest BCUT2D eigenvalue weighted by molar-refractivity contribution is 0.271. The van der Waals surface area contributed by atoms with E-state index in [-0.39, 0.29) is 0 Å². The monoisotopic (exact) mass is 218 g/mol. The highest BCUT2D eigenvalue weighted by Crippen LogP contribution is 2.32. The lowest BCUT2D eigenvalue weighted by Gasteiger charge is -2.20. The molecule has 0 saturated heterocycles. The van der Waals surface area contributed by atoms with Gasteiger partial charge in [0.15, 0.2) is 0 Å². The van der Waals surface area contributed by atoms with Crippen LogP contribution in [0.3, 0.4) is 0 Å². The van der Waals surface area contributed by atoms with E-state index in [1.807, 2.05) is 12.1 Å². The molecule has 0 amide bonds. The lowest BCUT2D eigenvalue weighted by Crippen LogP contribution is -2.24. The molecular formula is C14H22N2. The zero-order valence-electron chi connectivity index (χ0n) is 10.2. The minimum Gasteiger partial charge on any atom is -0.399 e. The van der Waals surface area contributed by atoms with Crippen LogP contribution in [0.15, 0.2) is 24.3 Å². The molecule has 0 heterocycles. The molecule has 1 aromatic rings. The van der Waals surface area contributed by atoms with Gasteiger partial charge in [0.2, 0.25) is 0 Å². The molecule has 88 valence electrons. The Morgan fingerprint density at radius 2 is 2.19 bits per heavy atom. The van der Waals surface area contributed by atoms with Gasteiger partial charge in [0.25, 0.3) is 0 Å². The highest BCUT2D eigenvalue weighted by atomic mass is 15.1. The molecular weight excluding hydrogens is 196 g/mol. The third-order valence-corrected chi connectivity index (χ3v) is 3.35. The molecule has 0 spiro atoms. The lowest BCUT2D eigenvalue weighted by atomic mass is 10.2. The van der Waals surface area contributed by atoms with E-state index < -0.39 is 0 Å². The van der Waals surface area contributed by atoms with Crippen molar-refractivity contribution in [3.05, 3.63) is 29.8 Å². The first-order valence-electron chi connectivity index (χ1n) is 6.34. The highest BCUT2D eigenvalue weighted by molar-refractivity contribution is 5.40. The quantitative estimate of drug-likeness (QED) is 0.744. The minimum absolute atomic E-state index is 0.871. The van der Waals surface area contributed by atoms with Crippen LogP contribution in [0.4, 0.5) is 5.69 Å². The molecule has 1 fully saturated rings. The van der Waals surface area contributed by atoms with Crippen molar-refractivity contribution in [2.75, 3.05) is 18.8 Å². The number of rotatable bonds is 6. The summed E-state index contributed by atoms with van der Waals surface area (Å²) in [6, 6.07) is 8.24. The van der Waals surface area contributed by atoms with Crippen LogP contribution < -0.4 is 5.73 Å². The van der Waals surface area contributed by atoms with Crippen LogP contribution in [0.5, 0.6) is 0 Å². The number of anilines is 1. The van der Waals surface area contributed by atoms with Gasteiger partial charge in [-0.3, -0.25) is 4.90 Å². The van der Waals surface area contributed by atoms with Crippen molar-refractivity contribution in [2.45, 2.75) is 32.7 Å². The van der Waals surface area contributed by atoms with Crippen LogP contribution in [-0.4, -0.2) is 18.0 Å². The summed E-state index contributed by atoms with van der Waals surface area (Å²) in [7, 11) is 0. The van der Waals surface area contributed by atoms with Crippen LogP contribution in [0.2, 0.25) is 0 Å². The van der Waals surface area contributed by atoms with Crippen LogP contribution in [0.25, 0.3) is 0 Å². The van der Waals surface area contributed by atoms with Gasteiger partial charge < -0.3 is 5.73 Å². The van der Waals surface area contributed by atoms with E-state index in [2.05, 4.69) is 24.0 Å². The van der Waals surface area contributed by atoms with Crippen molar-refractivity contribution < 1.29 is 0 Å². The van der Waals surface area contributed by atoms with Crippen LogP contribution in [0, 0.1) is 5.92 Å². The number of hydrogen-bond donors (Lipinski definition) is 1. The number of hydrogen-bond acceptors (Lipinski definition) is 2. The third kappa shape index (κ3) is 3.53. The number of nitrogen functional groups attached to an aromatic ring is 1. The molecule has 0 bridgehead atoms. The van der Waals surface area contributed by atoms with E-state index in [1.165, 1.54) is 31.4 Å².